The minimum absolute atomic E-state index is 0.471. The van der Waals surface area contributed by atoms with Gasteiger partial charge in [0.2, 0.25) is 0 Å². The van der Waals surface area contributed by atoms with Crippen LogP contribution in [0.3, 0.4) is 0 Å². The van der Waals surface area contributed by atoms with Crippen LogP contribution in [0.4, 0.5) is 0 Å². The molecule has 0 heterocycles. The second-order valence-electron chi connectivity index (χ2n) is 5.05. The van der Waals surface area contributed by atoms with E-state index in [1.807, 2.05) is 18.2 Å². The Morgan fingerprint density at radius 3 is 2.53 bits per heavy atom. The molecule has 0 amide bonds. The second kappa shape index (κ2) is 8.02. The lowest BCUT2D eigenvalue weighted by molar-refractivity contribution is 0.362. The molecule has 1 aromatic rings. The van der Waals surface area contributed by atoms with E-state index in [-0.39, 0.29) is 0 Å². The molecule has 4 nitrogen and oxygen atoms in total. The predicted octanol–water partition coefficient (Wildman–Crippen LogP) is 2.13. The Labute approximate surface area is 116 Å². The number of nitrogens with one attached hydrogen (secondary N) is 1. The summed E-state index contributed by atoms with van der Waals surface area (Å²) >= 11 is 0. The summed E-state index contributed by atoms with van der Waals surface area (Å²) in [4.78, 5) is 2.20. The third kappa shape index (κ3) is 5.49. The van der Waals surface area contributed by atoms with Gasteiger partial charge in [-0.2, -0.15) is 0 Å². The second-order valence-corrected chi connectivity index (χ2v) is 5.05. The van der Waals surface area contributed by atoms with Gasteiger partial charge in [0, 0.05) is 18.2 Å². The summed E-state index contributed by atoms with van der Waals surface area (Å²) in [5.41, 5.74) is 1.12. The molecule has 0 aliphatic heterocycles. The van der Waals surface area contributed by atoms with Crippen LogP contribution < -0.4 is 14.8 Å². The van der Waals surface area contributed by atoms with E-state index in [1.165, 1.54) is 0 Å². The molecule has 0 aliphatic rings. The summed E-state index contributed by atoms with van der Waals surface area (Å²) < 4.78 is 10.6. The van der Waals surface area contributed by atoms with Crippen LogP contribution in [0, 0.1) is 0 Å². The number of methoxy groups -OCH3 is 2. The highest BCUT2D eigenvalue weighted by atomic mass is 16.5. The lowest BCUT2D eigenvalue weighted by Crippen LogP contribution is -2.29. The Bertz CT molecular complexity index is 380. The molecule has 0 saturated heterocycles. The van der Waals surface area contributed by atoms with Crippen molar-refractivity contribution in [3.05, 3.63) is 23.8 Å². The first kappa shape index (κ1) is 15.8. The largest absolute Gasteiger partial charge is 0.497 e. The molecule has 4 heteroatoms. The SMILES string of the molecule is COc1ccc(OC)c(CNC(C)CCN(C)C)c1. The Hall–Kier alpha value is -1.26. The van der Waals surface area contributed by atoms with Crippen molar-refractivity contribution in [2.45, 2.75) is 25.9 Å². The molecule has 0 aromatic heterocycles. The van der Waals surface area contributed by atoms with E-state index in [0.717, 1.165) is 36.6 Å². The lowest BCUT2D eigenvalue weighted by atomic mass is 10.1. The lowest BCUT2D eigenvalue weighted by Gasteiger charge is -2.18. The summed E-state index contributed by atoms with van der Waals surface area (Å²) in [6, 6.07) is 6.35. The summed E-state index contributed by atoms with van der Waals surface area (Å²) in [5.74, 6) is 1.76. The third-order valence-corrected chi connectivity index (χ3v) is 3.14. The van der Waals surface area contributed by atoms with Gasteiger partial charge in [-0.25, -0.2) is 0 Å². The molecular formula is C15H26N2O2. The summed E-state index contributed by atoms with van der Waals surface area (Å²) in [6.45, 7) is 4.08. The Kier molecular flexibility index (Phi) is 6.67. The van der Waals surface area contributed by atoms with Crippen molar-refractivity contribution in [2.75, 3.05) is 34.9 Å². The maximum absolute atomic E-state index is 5.37. The fraction of sp³-hybridized carbons (Fsp3) is 0.600. The van der Waals surface area contributed by atoms with Crippen molar-refractivity contribution in [3.8, 4) is 11.5 Å². The molecule has 0 saturated carbocycles. The number of rotatable bonds is 8. The van der Waals surface area contributed by atoms with Gasteiger partial charge in [0.05, 0.1) is 14.2 Å². The first-order valence-corrected chi connectivity index (χ1v) is 6.65. The van der Waals surface area contributed by atoms with Gasteiger partial charge in [0.25, 0.3) is 0 Å². The summed E-state index contributed by atoms with van der Waals surface area (Å²) in [5, 5.41) is 3.52. The van der Waals surface area contributed by atoms with Crippen LogP contribution in [0.25, 0.3) is 0 Å². The normalized spacial score (nSPS) is 12.5. The van der Waals surface area contributed by atoms with E-state index in [4.69, 9.17) is 9.47 Å². The number of ether oxygens (including phenoxy) is 2. The van der Waals surface area contributed by atoms with E-state index in [1.54, 1.807) is 14.2 Å². The van der Waals surface area contributed by atoms with Crippen molar-refractivity contribution in [1.82, 2.24) is 10.2 Å². The minimum atomic E-state index is 0.471. The fourth-order valence-corrected chi connectivity index (χ4v) is 1.86. The van der Waals surface area contributed by atoms with E-state index in [2.05, 4.69) is 31.2 Å². The first-order chi connectivity index (χ1) is 9.06. The molecule has 1 unspecified atom stereocenters. The van der Waals surface area contributed by atoms with Gasteiger partial charge in [0.1, 0.15) is 11.5 Å². The van der Waals surface area contributed by atoms with Gasteiger partial charge in [-0.3, -0.25) is 0 Å². The van der Waals surface area contributed by atoms with Crippen molar-refractivity contribution in [2.24, 2.45) is 0 Å². The maximum Gasteiger partial charge on any atom is 0.123 e. The van der Waals surface area contributed by atoms with Crippen LogP contribution in [0.1, 0.15) is 18.9 Å². The number of hydrogen-bond donors (Lipinski definition) is 1. The maximum atomic E-state index is 5.37. The molecule has 1 aromatic carbocycles. The average Bonchev–Trinajstić information content (AvgIpc) is 2.42. The average molecular weight is 266 g/mol. The zero-order chi connectivity index (χ0) is 14.3. The van der Waals surface area contributed by atoms with Crippen LogP contribution in [0.15, 0.2) is 18.2 Å². The van der Waals surface area contributed by atoms with Gasteiger partial charge >= 0.3 is 0 Å². The van der Waals surface area contributed by atoms with Crippen LogP contribution in [0.2, 0.25) is 0 Å². The predicted molar refractivity (Wildman–Crippen MR) is 79.0 cm³/mol. The molecule has 0 fully saturated rings. The smallest absolute Gasteiger partial charge is 0.123 e. The Morgan fingerprint density at radius 1 is 1.21 bits per heavy atom. The first-order valence-electron chi connectivity index (χ1n) is 6.65. The number of nitrogens with zero attached hydrogens (tertiary/aromatic N) is 1. The molecular weight excluding hydrogens is 240 g/mol. The summed E-state index contributed by atoms with van der Waals surface area (Å²) in [7, 11) is 7.56. The van der Waals surface area contributed by atoms with Gasteiger partial charge in [0.15, 0.2) is 0 Å². The Balaban J connectivity index is 2.55. The van der Waals surface area contributed by atoms with E-state index in [0.29, 0.717) is 6.04 Å². The van der Waals surface area contributed by atoms with E-state index < -0.39 is 0 Å². The molecule has 1 rings (SSSR count). The van der Waals surface area contributed by atoms with Gasteiger partial charge in [-0.1, -0.05) is 0 Å². The van der Waals surface area contributed by atoms with Crippen LogP contribution in [0.5, 0.6) is 11.5 Å². The van der Waals surface area contributed by atoms with E-state index in [9.17, 15) is 0 Å². The van der Waals surface area contributed by atoms with Crippen molar-refractivity contribution >= 4 is 0 Å². The van der Waals surface area contributed by atoms with Gasteiger partial charge in [-0.05, 0) is 52.2 Å². The van der Waals surface area contributed by atoms with Crippen molar-refractivity contribution in [1.29, 1.82) is 0 Å². The van der Waals surface area contributed by atoms with Gasteiger partial charge < -0.3 is 19.7 Å². The molecule has 0 aliphatic carbocycles. The molecule has 0 radical (unpaired) electrons. The van der Waals surface area contributed by atoms with Crippen molar-refractivity contribution in [3.63, 3.8) is 0 Å². The number of benzene rings is 1. The highest BCUT2D eigenvalue weighted by Gasteiger charge is 2.07. The van der Waals surface area contributed by atoms with Crippen molar-refractivity contribution < 1.29 is 9.47 Å². The molecule has 0 bridgehead atoms. The fourth-order valence-electron chi connectivity index (χ4n) is 1.86. The molecule has 19 heavy (non-hydrogen) atoms. The van der Waals surface area contributed by atoms with Gasteiger partial charge in [-0.15, -0.1) is 0 Å². The molecule has 1 N–H and O–H groups in total. The minimum Gasteiger partial charge on any atom is -0.497 e. The third-order valence-electron chi connectivity index (χ3n) is 3.14. The highest BCUT2D eigenvalue weighted by molar-refractivity contribution is 5.40. The van der Waals surface area contributed by atoms with Crippen LogP contribution in [-0.4, -0.2) is 45.8 Å². The molecule has 1 atom stereocenters. The monoisotopic (exact) mass is 266 g/mol. The quantitative estimate of drug-likeness (QED) is 0.781. The highest BCUT2D eigenvalue weighted by Crippen LogP contribution is 2.23. The number of hydrogen-bond acceptors (Lipinski definition) is 4. The zero-order valence-corrected chi connectivity index (χ0v) is 12.7. The standard InChI is InChI=1S/C15H26N2O2/c1-12(8-9-17(2)3)16-11-13-10-14(18-4)6-7-15(13)19-5/h6-7,10,12,16H,8-9,11H2,1-5H3. The van der Waals surface area contributed by atoms with E-state index >= 15 is 0 Å². The molecule has 0 spiro atoms. The zero-order valence-electron chi connectivity index (χ0n) is 12.7. The summed E-state index contributed by atoms with van der Waals surface area (Å²) in [6.07, 6.45) is 1.12. The molecule has 108 valence electrons. The Morgan fingerprint density at radius 2 is 1.95 bits per heavy atom. The van der Waals surface area contributed by atoms with Crippen LogP contribution in [-0.2, 0) is 6.54 Å². The topological polar surface area (TPSA) is 33.7 Å². The van der Waals surface area contributed by atoms with Crippen LogP contribution >= 0.6 is 0 Å².